The van der Waals surface area contributed by atoms with E-state index in [1.54, 1.807) is 13.0 Å². The summed E-state index contributed by atoms with van der Waals surface area (Å²) < 4.78 is 61.3. The van der Waals surface area contributed by atoms with Crippen LogP contribution in [0.4, 0.5) is 34.6 Å². The molecule has 0 saturated heterocycles. The number of carbonyl (C=O) groups excluding carboxylic acids is 3. The van der Waals surface area contributed by atoms with E-state index in [0.29, 0.717) is 6.07 Å². The number of alkyl halides is 3. The van der Waals surface area contributed by atoms with Crippen molar-refractivity contribution in [2.75, 3.05) is 22.5 Å². The number of pyridine rings is 1. The third kappa shape index (κ3) is 6.26. The van der Waals surface area contributed by atoms with Crippen LogP contribution in [-0.2, 0) is 13.2 Å². The summed E-state index contributed by atoms with van der Waals surface area (Å²) in [4.78, 5) is 53.7. The van der Waals surface area contributed by atoms with Gasteiger partial charge in [0, 0.05) is 25.0 Å². The molecule has 0 aliphatic carbocycles. The molecule has 2 heterocycles. The molecule has 0 aliphatic heterocycles. The predicted octanol–water partition coefficient (Wildman–Crippen LogP) is 4.11. The van der Waals surface area contributed by atoms with Crippen LogP contribution in [0.1, 0.15) is 49.6 Å². The van der Waals surface area contributed by atoms with Crippen LogP contribution in [-0.4, -0.2) is 34.0 Å². The predicted molar refractivity (Wildman–Crippen MR) is 148 cm³/mol. The molecule has 0 atom stereocenters. The second-order valence-electron chi connectivity index (χ2n) is 9.06. The fourth-order valence-electron chi connectivity index (χ4n) is 4.10. The van der Waals surface area contributed by atoms with Gasteiger partial charge in [0.2, 0.25) is 5.76 Å². The lowest BCUT2D eigenvalue weighted by molar-refractivity contribution is -0.141. The molecule has 2 aromatic carbocycles. The van der Waals surface area contributed by atoms with Crippen LogP contribution in [0.2, 0.25) is 0 Å². The first-order chi connectivity index (χ1) is 20.7. The lowest BCUT2D eigenvalue weighted by Gasteiger charge is -2.18. The smallest absolute Gasteiger partial charge is 0.383 e. The number of nitrogens with zero attached hydrogens (tertiary/aromatic N) is 3. The number of primary amides is 1. The Morgan fingerprint density at radius 2 is 1.66 bits per heavy atom. The number of hydrogen-bond donors (Lipinski definition) is 4. The number of rotatable bonds is 8. The molecule has 0 fully saturated rings. The highest BCUT2D eigenvalue weighted by Crippen LogP contribution is 2.33. The van der Waals surface area contributed by atoms with Crippen molar-refractivity contribution in [3.05, 3.63) is 93.0 Å². The fraction of sp³-hybridized carbons (Fsp3) is 0.143. The number of nitrogens with one attached hydrogen (secondary N) is 3. The van der Waals surface area contributed by atoms with Crippen LogP contribution in [0.15, 0.2) is 57.8 Å². The molecule has 0 saturated carbocycles. The minimum Gasteiger partial charge on any atom is -0.383 e. The summed E-state index contributed by atoms with van der Waals surface area (Å²) in [6.45, 7) is 1.63. The highest BCUT2D eigenvalue weighted by Gasteiger charge is 2.36. The topological polar surface area (TPSA) is 185 Å². The van der Waals surface area contributed by atoms with Gasteiger partial charge >= 0.3 is 6.18 Å². The number of benzene rings is 2. The molecule has 0 aliphatic rings. The van der Waals surface area contributed by atoms with E-state index < -0.39 is 57.8 Å². The minimum atomic E-state index is -5.07. The van der Waals surface area contributed by atoms with E-state index in [-0.39, 0.29) is 40.5 Å². The van der Waals surface area contributed by atoms with E-state index in [9.17, 15) is 42.0 Å². The van der Waals surface area contributed by atoms with Crippen molar-refractivity contribution in [2.24, 2.45) is 12.8 Å². The quantitative estimate of drug-likeness (QED) is 0.215. The maximum atomic E-state index is 13.9. The second-order valence-corrected chi connectivity index (χ2v) is 9.06. The molecule has 226 valence electrons. The zero-order chi connectivity index (χ0) is 32.3. The van der Waals surface area contributed by atoms with Gasteiger partial charge in [0.25, 0.3) is 23.3 Å². The maximum absolute atomic E-state index is 13.9. The van der Waals surface area contributed by atoms with Crippen molar-refractivity contribution in [1.82, 2.24) is 9.72 Å². The molecule has 0 radical (unpaired) electrons. The van der Waals surface area contributed by atoms with Gasteiger partial charge in [0.1, 0.15) is 23.1 Å². The van der Waals surface area contributed by atoms with Crippen molar-refractivity contribution >= 4 is 34.8 Å². The molecule has 44 heavy (non-hydrogen) atoms. The Bertz CT molecular complexity index is 1890. The van der Waals surface area contributed by atoms with Gasteiger partial charge in [0.05, 0.1) is 16.8 Å². The lowest BCUT2D eigenvalue weighted by Crippen LogP contribution is -2.24. The van der Waals surface area contributed by atoms with E-state index in [2.05, 4.69) is 20.9 Å². The Balaban J connectivity index is 1.72. The van der Waals surface area contributed by atoms with Gasteiger partial charge in [-0.25, -0.2) is 9.37 Å². The van der Waals surface area contributed by atoms with Gasteiger partial charge < -0.3 is 26.2 Å². The Morgan fingerprint density at radius 1 is 1.02 bits per heavy atom. The number of halogens is 4. The van der Waals surface area contributed by atoms with Gasteiger partial charge in [-0.1, -0.05) is 12.1 Å². The fourth-order valence-corrected chi connectivity index (χ4v) is 4.10. The number of amides is 3. The van der Waals surface area contributed by atoms with E-state index in [1.807, 2.05) is 0 Å². The maximum Gasteiger partial charge on any atom is 0.433 e. The summed E-state index contributed by atoms with van der Waals surface area (Å²) in [6.07, 6.45) is -5.07. The van der Waals surface area contributed by atoms with E-state index >= 15 is 0 Å². The Morgan fingerprint density at radius 3 is 2.25 bits per heavy atom. The van der Waals surface area contributed by atoms with Gasteiger partial charge in [-0.3, -0.25) is 19.2 Å². The molecule has 16 heteroatoms. The largest absolute Gasteiger partial charge is 0.433 e. The third-order valence-electron chi connectivity index (χ3n) is 6.10. The summed E-state index contributed by atoms with van der Waals surface area (Å²) in [7, 11) is 1.32. The number of carbonyl (C=O) groups is 3. The molecular formula is C28H21F4N7O5. The summed E-state index contributed by atoms with van der Waals surface area (Å²) in [5, 5.41) is 16.6. The highest BCUT2D eigenvalue weighted by molar-refractivity contribution is 6.14. The van der Waals surface area contributed by atoms with Crippen molar-refractivity contribution in [1.29, 1.82) is 5.26 Å². The van der Waals surface area contributed by atoms with E-state index in [4.69, 9.17) is 10.3 Å². The second kappa shape index (κ2) is 12.1. The SMILES string of the molecule is CCNc1c(C(=O)Nc2ccc(-c3c(C#N)on(C)c3=O)cc2)cc(C(F)(F)F)nc1C(=O)Nc1ccc(F)c(C(N)=O)c1. The number of hydrogen-bond acceptors (Lipinski definition) is 8. The van der Waals surface area contributed by atoms with E-state index in [1.165, 1.54) is 31.3 Å². The number of anilines is 3. The van der Waals surface area contributed by atoms with Crippen LogP contribution in [0.25, 0.3) is 11.1 Å². The van der Waals surface area contributed by atoms with Gasteiger partial charge in [0.15, 0.2) is 5.69 Å². The molecular weight excluding hydrogens is 590 g/mol. The molecule has 4 rings (SSSR count). The zero-order valence-electron chi connectivity index (χ0n) is 22.8. The van der Waals surface area contributed by atoms with Crippen LogP contribution in [0, 0.1) is 17.1 Å². The van der Waals surface area contributed by atoms with Crippen LogP contribution >= 0.6 is 0 Å². The normalized spacial score (nSPS) is 11.0. The monoisotopic (exact) mass is 611 g/mol. The average Bonchev–Trinajstić information content (AvgIpc) is 3.26. The summed E-state index contributed by atoms with van der Waals surface area (Å²) in [5.74, 6) is -4.62. The Kier molecular flexibility index (Phi) is 8.51. The number of aromatic nitrogens is 2. The molecule has 2 aromatic heterocycles. The average molecular weight is 612 g/mol. The first-order valence-electron chi connectivity index (χ1n) is 12.5. The molecule has 0 spiro atoms. The van der Waals surface area contributed by atoms with Crippen LogP contribution in [0.3, 0.4) is 0 Å². The number of aryl methyl sites for hydroxylation is 1. The van der Waals surface area contributed by atoms with Gasteiger partial charge in [-0.2, -0.15) is 23.2 Å². The first-order valence-corrected chi connectivity index (χ1v) is 12.5. The Hall–Kier alpha value is -5.98. The third-order valence-corrected chi connectivity index (χ3v) is 6.10. The van der Waals surface area contributed by atoms with E-state index in [0.717, 1.165) is 22.9 Å². The van der Waals surface area contributed by atoms with Crippen molar-refractivity contribution in [3.63, 3.8) is 0 Å². The molecule has 3 amide bonds. The van der Waals surface area contributed by atoms with Crippen molar-refractivity contribution < 1.29 is 36.5 Å². The lowest BCUT2D eigenvalue weighted by atomic mass is 10.1. The summed E-state index contributed by atoms with van der Waals surface area (Å²) >= 11 is 0. The van der Waals surface area contributed by atoms with Gasteiger partial charge in [-0.05, 0) is 48.9 Å². The molecule has 4 aromatic rings. The molecule has 0 bridgehead atoms. The summed E-state index contributed by atoms with van der Waals surface area (Å²) in [5.41, 5.74) is 0.847. The summed E-state index contributed by atoms with van der Waals surface area (Å²) in [6, 6.07) is 10.5. The minimum absolute atomic E-state index is 0.0222. The molecule has 5 N–H and O–H groups in total. The molecule has 0 unspecified atom stereocenters. The van der Waals surface area contributed by atoms with Crippen LogP contribution in [0.5, 0.6) is 0 Å². The Labute approximate surface area is 245 Å². The highest BCUT2D eigenvalue weighted by atomic mass is 19.4. The number of nitrogens with two attached hydrogens (primary N) is 1. The van der Waals surface area contributed by atoms with Crippen molar-refractivity contribution in [2.45, 2.75) is 13.1 Å². The van der Waals surface area contributed by atoms with Gasteiger partial charge in [-0.15, -0.1) is 0 Å². The number of nitriles is 1. The van der Waals surface area contributed by atoms with Crippen molar-refractivity contribution in [3.8, 4) is 17.2 Å². The standard InChI is InChI=1S/C28H21F4N7O5/c1-3-35-22-17(25(41)36-14-6-4-13(5-7-14)21-19(12-33)44-39(2)27(21)43)11-20(28(30,31)32)38-23(22)26(42)37-15-8-9-18(29)16(10-15)24(34)40/h4-11,35H,3H2,1-2H3,(H2,34,40)(H,36,41)(H,37,42). The zero-order valence-corrected chi connectivity index (χ0v) is 22.8. The van der Waals surface area contributed by atoms with Crippen LogP contribution < -0.4 is 27.2 Å². The first kappa shape index (κ1) is 31.0. The molecule has 12 nitrogen and oxygen atoms in total.